The van der Waals surface area contributed by atoms with Crippen LogP contribution in [-0.4, -0.2) is 6.61 Å². The van der Waals surface area contributed by atoms with Crippen molar-refractivity contribution in [1.29, 1.82) is 0 Å². The minimum absolute atomic E-state index is 0.209. The fourth-order valence-corrected chi connectivity index (χ4v) is 2.57. The number of ether oxygens (including phenoxy) is 1. The molecule has 0 amide bonds. The number of aryl methyl sites for hydroxylation is 1. The Balaban J connectivity index is 2.30. The molecule has 3 N–H and O–H groups in total. The first-order valence-electron chi connectivity index (χ1n) is 6.75. The maximum absolute atomic E-state index is 13.8. The van der Waals surface area contributed by atoms with Crippen molar-refractivity contribution >= 4 is 33.0 Å². The molecular weight excluding hydrogens is 335 g/mol. The zero-order chi connectivity index (χ0) is 15.4. The Kier molecular flexibility index (Phi) is 5.07. The molecular formula is C16H18BrFN2O. The van der Waals surface area contributed by atoms with Crippen LogP contribution >= 0.6 is 15.9 Å². The van der Waals surface area contributed by atoms with Gasteiger partial charge in [0.05, 0.1) is 18.0 Å². The summed E-state index contributed by atoms with van der Waals surface area (Å²) in [4.78, 5) is 0. The van der Waals surface area contributed by atoms with E-state index in [4.69, 9.17) is 10.5 Å². The third-order valence-electron chi connectivity index (χ3n) is 2.89. The van der Waals surface area contributed by atoms with Crippen molar-refractivity contribution in [3.8, 4) is 5.75 Å². The van der Waals surface area contributed by atoms with E-state index < -0.39 is 5.82 Å². The highest BCUT2D eigenvalue weighted by molar-refractivity contribution is 9.10. The Morgan fingerprint density at radius 3 is 2.67 bits per heavy atom. The minimum atomic E-state index is -0.447. The summed E-state index contributed by atoms with van der Waals surface area (Å²) in [6.45, 7) is 4.44. The monoisotopic (exact) mass is 352 g/mol. The molecule has 0 unspecified atom stereocenters. The summed E-state index contributed by atoms with van der Waals surface area (Å²) in [5.74, 6) is -0.239. The van der Waals surface area contributed by atoms with E-state index in [1.54, 1.807) is 6.07 Å². The number of nitrogens with one attached hydrogen (secondary N) is 1. The van der Waals surface area contributed by atoms with Crippen molar-refractivity contribution in [2.45, 2.75) is 20.3 Å². The summed E-state index contributed by atoms with van der Waals surface area (Å²) in [5, 5.41) is 3.20. The fourth-order valence-electron chi connectivity index (χ4n) is 1.96. The molecule has 0 fully saturated rings. The van der Waals surface area contributed by atoms with Gasteiger partial charge in [-0.3, -0.25) is 0 Å². The van der Waals surface area contributed by atoms with Crippen LogP contribution in [0, 0.1) is 12.7 Å². The lowest BCUT2D eigenvalue weighted by atomic mass is 10.2. The second kappa shape index (κ2) is 6.80. The van der Waals surface area contributed by atoms with Crippen LogP contribution in [0.4, 0.5) is 21.5 Å². The molecule has 112 valence electrons. The van der Waals surface area contributed by atoms with Gasteiger partial charge >= 0.3 is 0 Å². The molecule has 0 bridgehead atoms. The average molecular weight is 353 g/mol. The first-order valence-corrected chi connectivity index (χ1v) is 7.55. The predicted octanol–water partition coefficient (Wildman–Crippen LogP) is 5.01. The lowest BCUT2D eigenvalue weighted by Crippen LogP contribution is -2.02. The summed E-state index contributed by atoms with van der Waals surface area (Å²) in [5.41, 5.74) is 8.82. The van der Waals surface area contributed by atoms with Crippen LogP contribution < -0.4 is 15.8 Å². The molecule has 0 aliphatic carbocycles. The Morgan fingerprint density at radius 2 is 2.00 bits per heavy atom. The van der Waals surface area contributed by atoms with Gasteiger partial charge in [0.1, 0.15) is 0 Å². The van der Waals surface area contributed by atoms with Gasteiger partial charge in [0.2, 0.25) is 0 Å². The van der Waals surface area contributed by atoms with Crippen LogP contribution in [0.5, 0.6) is 5.75 Å². The molecule has 3 nitrogen and oxygen atoms in total. The molecule has 0 aromatic heterocycles. The van der Waals surface area contributed by atoms with E-state index in [1.165, 1.54) is 6.07 Å². The number of hydrogen-bond donors (Lipinski definition) is 2. The smallest absolute Gasteiger partial charge is 0.167 e. The topological polar surface area (TPSA) is 47.3 Å². The predicted molar refractivity (Wildman–Crippen MR) is 88.8 cm³/mol. The first kappa shape index (κ1) is 15.6. The number of halogens is 2. The molecule has 5 heteroatoms. The Bertz CT molecular complexity index is 626. The molecule has 0 atom stereocenters. The molecule has 0 radical (unpaired) electrons. The first-order chi connectivity index (χ1) is 9.99. The summed E-state index contributed by atoms with van der Waals surface area (Å²) in [6.07, 6.45) is 0.817. The van der Waals surface area contributed by atoms with E-state index in [2.05, 4.69) is 21.2 Å². The number of nitrogen functional groups attached to an aromatic ring is 1. The molecule has 0 aliphatic rings. The highest BCUT2D eigenvalue weighted by atomic mass is 79.9. The number of nitrogens with two attached hydrogens (primary N) is 1. The number of benzene rings is 2. The van der Waals surface area contributed by atoms with E-state index in [9.17, 15) is 4.39 Å². The van der Waals surface area contributed by atoms with Gasteiger partial charge in [-0.05, 0) is 37.1 Å². The van der Waals surface area contributed by atoms with Crippen LogP contribution in [0.15, 0.2) is 34.8 Å². The van der Waals surface area contributed by atoms with Gasteiger partial charge in [0.15, 0.2) is 11.6 Å². The molecule has 21 heavy (non-hydrogen) atoms. The highest BCUT2D eigenvalue weighted by Gasteiger charge is 2.10. The van der Waals surface area contributed by atoms with Gasteiger partial charge in [-0.1, -0.05) is 22.9 Å². The summed E-state index contributed by atoms with van der Waals surface area (Å²) in [7, 11) is 0. The number of anilines is 3. The maximum atomic E-state index is 13.8. The van der Waals surface area contributed by atoms with Crippen LogP contribution in [-0.2, 0) is 0 Å². The van der Waals surface area contributed by atoms with E-state index in [1.807, 2.05) is 32.0 Å². The Hall–Kier alpha value is -1.75. The van der Waals surface area contributed by atoms with Crippen molar-refractivity contribution in [3.63, 3.8) is 0 Å². The maximum Gasteiger partial charge on any atom is 0.167 e. The van der Waals surface area contributed by atoms with Gasteiger partial charge in [0.25, 0.3) is 0 Å². The molecule has 2 rings (SSSR count). The summed E-state index contributed by atoms with van der Waals surface area (Å²) < 4.78 is 20.1. The van der Waals surface area contributed by atoms with Crippen molar-refractivity contribution in [3.05, 3.63) is 46.2 Å². The van der Waals surface area contributed by atoms with Crippen LogP contribution in [0.25, 0.3) is 0 Å². The van der Waals surface area contributed by atoms with Gasteiger partial charge in [-0.15, -0.1) is 0 Å². The van der Waals surface area contributed by atoms with Gasteiger partial charge in [0, 0.05) is 22.3 Å². The van der Waals surface area contributed by atoms with Crippen LogP contribution in [0.3, 0.4) is 0 Å². The third kappa shape index (κ3) is 4.11. The molecule has 0 spiro atoms. The van der Waals surface area contributed by atoms with E-state index in [-0.39, 0.29) is 5.75 Å². The Morgan fingerprint density at radius 1 is 1.24 bits per heavy atom. The lowest BCUT2D eigenvalue weighted by molar-refractivity contribution is 0.301. The van der Waals surface area contributed by atoms with Crippen molar-refractivity contribution < 1.29 is 9.13 Å². The molecule has 2 aromatic carbocycles. The van der Waals surface area contributed by atoms with Gasteiger partial charge < -0.3 is 15.8 Å². The average Bonchev–Trinajstić information content (AvgIpc) is 2.39. The standard InChI is InChI=1S/C16H18BrFN2O/c1-3-4-21-16-9-15(14(19)8-13(16)18)20-12-6-10(2)5-11(17)7-12/h5-9,20H,3-4,19H2,1-2H3. The van der Waals surface area contributed by atoms with Crippen LogP contribution in [0.1, 0.15) is 18.9 Å². The second-order valence-corrected chi connectivity index (χ2v) is 5.78. The van der Waals surface area contributed by atoms with E-state index in [0.29, 0.717) is 18.0 Å². The van der Waals surface area contributed by atoms with Gasteiger partial charge in [-0.2, -0.15) is 0 Å². The van der Waals surface area contributed by atoms with E-state index >= 15 is 0 Å². The molecule has 0 saturated heterocycles. The summed E-state index contributed by atoms with van der Waals surface area (Å²) >= 11 is 3.45. The molecule has 0 aliphatic heterocycles. The quantitative estimate of drug-likeness (QED) is 0.743. The highest BCUT2D eigenvalue weighted by Crippen LogP contribution is 2.31. The third-order valence-corrected chi connectivity index (χ3v) is 3.34. The number of rotatable bonds is 5. The number of hydrogen-bond acceptors (Lipinski definition) is 3. The molecule has 0 saturated carbocycles. The largest absolute Gasteiger partial charge is 0.490 e. The zero-order valence-corrected chi connectivity index (χ0v) is 13.6. The van der Waals surface area contributed by atoms with Gasteiger partial charge in [-0.25, -0.2) is 4.39 Å². The van der Waals surface area contributed by atoms with Crippen molar-refractivity contribution in [1.82, 2.24) is 0 Å². The fraction of sp³-hybridized carbons (Fsp3) is 0.250. The molecule has 0 heterocycles. The second-order valence-electron chi connectivity index (χ2n) is 4.86. The van der Waals surface area contributed by atoms with Crippen molar-refractivity contribution in [2.24, 2.45) is 0 Å². The van der Waals surface area contributed by atoms with E-state index in [0.717, 1.165) is 22.1 Å². The SMILES string of the molecule is CCCOc1cc(Nc2cc(C)cc(Br)c2)c(N)cc1F. The minimum Gasteiger partial charge on any atom is -0.490 e. The van der Waals surface area contributed by atoms with Crippen molar-refractivity contribution in [2.75, 3.05) is 17.7 Å². The van der Waals surface area contributed by atoms with Crippen LogP contribution in [0.2, 0.25) is 0 Å². The normalized spacial score (nSPS) is 10.5. The Labute approximate surface area is 132 Å². The zero-order valence-electron chi connectivity index (χ0n) is 12.0. The summed E-state index contributed by atoms with van der Waals surface area (Å²) in [6, 6.07) is 8.80. The molecule has 2 aromatic rings. The lowest BCUT2D eigenvalue weighted by Gasteiger charge is -2.14.